The summed E-state index contributed by atoms with van der Waals surface area (Å²) in [5.74, 6) is -0.410. The molecule has 0 aliphatic carbocycles. The van der Waals surface area contributed by atoms with Gasteiger partial charge in [0, 0.05) is 56.4 Å². The molecule has 5 heterocycles. The van der Waals surface area contributed by atoms with E-state index in [2.05, 4.69) is 21.3 Å². The number of hydrogen-bond donors (Lipinski definition) is 2. The zero-order valence-corrected chi connectivity index (χ0v) is 33.3. The number of rotatable bonds is 8. The molecule has 4 aliphatic heterocycles. The fourth-order valence-corrected chi connectivity index (χ4v) is 8.66. The molecule has 4 aliphatic rings. The average Bonchev–Trinajstić information content (AvgIpc) is 3.52. The van der Waals surface area contributed by atoms with Crippen LogP contribution in [-0.2, 0) is 31.9 Å². The molecular weight excluding hydrogens is 716 g/mol. The zero-order chi connectivity index (χ0) is 39.8. The number of carbonyl (C=O) groups excluding carboxylic acids is 4. The Hall–Kier alpha value is -4.85. The molecule has 0 bridgehead atoms. The number of carbonyl (C=O) groups is 4. The highest BCUT2D eigenvalue weighted by Gasteiger charge is 2.34. The van der Waals surface area contributed by atoms with Gasteiger partial charge >= 0.3 is 23.8 Å². The maximum absolute atomic E-state index is 13.1. The quantitative estimate of drug-likeness (QED) is 0.279. The predicted octanol–water partition coefficient (Wildman–Crippen LogP) is 5.57. The lowest BCUT2D eigenvalue weighted by atomic mass is 9.92. The third-order valence-electron chi connectivity index (χ3n) is 11.8. The number of aromatic amines is 1. The van der Waals surface area contributed by atoms with E-state index in [1.165, 1.54) is 12.7 Å². The van der Waals surface area contributed by atoms with Crippen LogP contribution in [0.5, 0.6) is 0 Å². The fourth-order valence-electron chi connectivity index (χ4n) is 8.66. The molecule has 1 aromatic heterocycles. The van der Waals surface area contributed by atoms with E-state index in [1.807, 2.05) is 60.9 Å². The fraction of sp³-hybridized carbons (Fsp3) is 0.595. The summed E-state index contributed by atoms with van der Waals surface area (Å²) in [5.41, 5.74) is 5.29. The highest BCUT2D eigenvalue weighted by molar-refractivity contribution is 5.91. The zero-order valence-electron chi connectivity index (χ0n) is 33.3. The molecule has 56 heavy (non-hydrogen) atoms. The van der Waals surface area contributed by atoms with Crippen LogP contribution in [0.2, 0.25) is 0 Å². The number of aromatic nitrogens is 1. The lowest BCUT2D eigenvalue weighted by molar-refractivity contribution is -0.150. The van der Waals surface area contributed by atoms with Crippen LogP contribution >= 0.6 is 0 Å². The number of amides is 4. The second-order valence-electron chi connectivity index (χ2n) is 15.7. The molecule has 2 aromatic carbocycles. The number of hydrogen-bond acceptors (Lipinski definition) is 9. The minimum Gasteiger partial charge on any atom is -0.465 e. The Labute approximate surface area is 328 Å². The number of ether oxygens (including phenoxy) is 2. The normalized spacial score (nSPS) is 19.4. The molecule has 3 saturated heterocycles. The maximum atomic E-state index is 13.1. The van der Waals surface area contributed by atoms with E-state index < -0.39 is 5.76 Å². The number of piperidine rings is 3. The summed E-state index contributed by atoms with van der Waals surface area (Å²) in [5, 5.41) is 3.00. The van der Waals surface area contributed by atoms with Crippen molar-refractivity contribution >= 4 is 40.8 Å². The van der Waals surface area contributed by atoms with Gasteiger partial charge in [0.05, 0.1) is 25.2 Å². The first kappa shape index (κ1) is 40.8. The summed E-state index contributed by atoms with van der Waals surface area (Å²) in [7, 11) is 1.40. The molecule has 14 nitrogen and oxygen atoms in total. The summed E-state index contributed by atoms with van der Waals surface area (Å²) in [6, 6.07) is 12.4. The Kier molecular flexibility index (Phi) is 13.7. The van der Waals surface area contributed by atoms with Crippen molar-refractivity contribution in [2.24, 2.45) is 11.8 Å². The van der Waals surface area contributed by atoms with E-state index in [4.69, 9.17) is 13.9 Å². The third-order valence-corrected chi connectivity index (χ3v) is 11.8. The van der Waals surface area contributed by atoms with Crippen molar-refractivity contribution in [1.29, 1.82) is 0 Å². The van der Waals surface area contributed by atoms with Crippen LogP contribution < -0.4 is 11.1 Å². The standard InChI is InChI=1S/C26H37N3O5.C16H21N3O3/c1-4-13-33-25(31)20-5-9-28(10-6-20)21-7-11-29(12-8-21)24(30)18(3)15-19-14-17(2)23-22(16-19)34-26(32)27-23;1-22-16(21)18-9-7-13(8-10-18)19-11-6-12-4-2-3-5-14(12)17-15(19)20/h14,16,18,20-21H,4-13,15H2,1-3H3,(H,27,32);2-5,13H,6-11H2,1H3,(H,17,20)/t18-;/m1./s1. The predicted molar refractivity (Wildman–Crippen MR) is 212 cm³/mol. The molecule has 4 amide bonds. The molecule has 3 fully saturated rings. The topological polar surface area (TPSA) is 158 Å². The van der Waals surface area contributed by atoms with Crippen molar-refractivity contribution < 1.29 is 33.1 Å². The van der Waals surface area contributed by atoms with Gasteiger partial charge in [-0.3, -0.25) is 14.6 Å². The number of esters is 1. The first-order valence-electron chi connectivity index (χ1n) is 20.3. The van der Waals surface area contributed by atoms with Crippen molar-refractivity contribution in [1.82, 2.24) is 24.6 Å². The largest absolute Gasteiger partial charge is 0.465 e. The first-order valence-corrected chi connectivity index (χ1v) is 20.3. The second kappa shape index (κ2) is 18.9. The molecule has 0 saturated carbocycles. The smallest absolute Gasteiger partial charge is 0.417 e. The Morgan fingerprint density at radius 3 is 2.27 bits per heavy atom. The lowest BCUT2D eigenvalue weighted by Gasteiger charge is -2.41. The highest BCUT2D eigenvalue weighted by Crippen LogP contribution is 2.27. The summed E-state index contributed by atoms with van der Waals surface area (Å²) in [6.45, 7) is 11.8. The van der Waals surface area contributed by atoms with Gasteiger partial charge in [-0.2, -0.15) is 0 Å². The van der Waals surface area contributed by atoms with Crippen LogP contribution in [-0.4, -0.2) is 120 Å². The van der Waals surface area contributed by atoms with E-state index in [0.29, 0.717) is 44.3 Å². The number of likely N-dealkylation sites (tertiary alicyclic amines) is 3. The summed E-state index contributed by atoms with van der Waals surface area (Å²) in [4.78, 5) is 71.6. The summed E-state index contributed by atoms with van der Waals surface area (Å²) < 4.78 is 15.3. The van der Waals surface area contributed by atoms with Crippen LogP contribution in [0.4, 0.5) is 15.3 Å². The van der Waals surface area contributed by atoms with Crippen LogP contribution in [0.3, 0.4) is 0 Å². The van der Waals surface area contributed by atoms with Crippen LogP contribution in [0.1, 0.15) is 75.5 Å². The number of H-pyrrole nitrogens is 1. The number of anilines is 1. The Balaban J connectivity index is 0.000000208. The molecule has 0 radical (unpaired) electrons. The number of urea groups is 1. The monoisotopic (exact) mass is 774 g/mol. The van der Waals surface area contributed by atoms with Crippen molar-refractivity contribution in [3.05, 3.63) is 63.6 Å². The molecule has 3 aromatic rings. The summed E-state index contributed by atoms with van der Waals surface area (Å²) >= 11 is 0. The molecule has 304 valence electrons. The Morgan fingerprint density at radius 1 is 0.893 bits per heavy atom. The average molecular weight is 775 g/mol. The number of benzene rings is 2. The van der Waals surface area contributed by atoms with Crippen molar-refractivity contribution in [3.63, 3.8) is 0 Å². The number of oxazole rings is 1. The highest BCUT2D eigenvalue weighted by atomic mass is 16.5. The van der Waals surface area contributed by atoms with Gasteiger partial charge in [-0.1, -0.05) is 38.1 Å². The van der Waals surface area contributed by atoms with Gasteiger partial charge in [0.1, 0.15) is 0 Å². The van der Waals surface area contributed by atoms with Crippen LogP contribution in [0.25, 0.3) is 11.1 Å². The molecule has 14 heteroatoms. The van der Waals surface area contributed by atoms with Crippen molar-refractivity contribution in [2.75, 3.05) is 64.8 Å². The van der Waals surface area contributed by atoms with Crippen LogP contribution in [0.15, 0.2) is 45.6 Å². The molecule has 1 atom stereocenters. The minimum atomic E-state index is -0.456. The first-order chi connectivity index (χ1) is 27.0. The molecular formula is C42H58N6O8. The number of para-hydroxylation sites is 1. The molecule has 2 N–H and O–H groups in total. The minimum absolute atomic E-state index is 0.0347. The molecule has 0 unspecified atom stereocenters. The number of fused-ring (bicyclic) bond motifs is 2. The number of aryl methyl sites for hydroxylation is 1. The molecule has 7 rings (SSSR count). The van der Waals surface area contributed by atoms with E-state index in [0.717, 1.165) is 99.9 Å². The van der Waals surface area contributed by atoms with Crippen LogP contribution in [0, 0.1) is 18.8 Å². The van der Waals surface area contributed by atoms with Crippen molar-refractivity contribution in [3.8, 4) is 0 Å². The van der Waals surface area contributed by atoms with E-state index >= 15 is 0 Å². The maximum Gasteiger partial charge on any atom is 0.417 e. The van der Waals surface area contributed by atoms with Gasteiger partial charge in [-0.15, -0.1) is 0 Å². The summed E-state index contributed by atoms with van der Waals surface area (Å²) in [6.07, 6.45) is 7.31. The SMILES string of the molecule is CCCOC(=O)C1CCN(C2CCN(C(=O)[C@H](C)Cc3cc(C)c4[nH]c(=O)oc4c3)CC2)CC1.COC(=O)N1CCC(N2CCc3ccccc3NC2=O)CC1. The van der Waals surface area contributed by atoms with Gasteiger partial charge in [0.2, 0.25) is 5.91 Å². The Bertz CT molecular complexity index is 1880. The third kappa shape index (κ3) is 9.93. The van der Waals surface area contributed by atoms with E-state index in [9.17, 15) is 24.0 Å². The second-order valence-corrected chi connectivity index (χ2v) is 15.7. The van der Waals surface area contributed by atoms with Gasteiger partial charge < -0.3 is 38.8 Å². The van der Waals surface area contributed by atoms with Gasteiger partial charge in [0.15, 0.2) is 5.58 Å². The number of nitrogens with zero attached hydrogens (tertiary/aromatic N) is 4. The number of methoxy groups -OCH3 is 1. The van der Waals surface area contributed by atoms with Crippen molar-refractivity contribution in [2.45, 2.75) is 90.6 Å². The van der Waals surface area contributed by atoms with Gasteiger partial charge in [-0.25, -0.2) is 14.4 Å². The molecule has 0 spiro atoms. The van der Waals surface area contributed by atoms with E-state index in [1.54, 1.807) is 4.90 Å². The van der Waals surface area contributed by atoms with Gasteiger partial charge in [-0.05, 0) is 107 Å². The Morgan fingerprint density at radius 2 is 1.57 bits per heavy atom. The van der Waals surface area contributed by atoms with E-state index in [-0.39, 0.29) is 41.9 Å². The number of nitrogens with one attached hydrogen (secondary N) is 2. The van der Waals surface area contributed by atoms with Gasteiger partial charge in [0.25, 0.3) is 0 Å². The lowest BCUT2D eigenvalue weighted by Crippen LogP contribution is -2.50.